The third-order valence-corrected chi connectivity index (χ3v) is 6.43. The van der Waals surface area contributed by atoms with E-state index in [1.54, 1.807) is 13.3 Å². The van der Waals surface area contributed by atoms with E-state index in [0.717, 1.165) is 21.8 Å². The Morgan fingerprint density at radius 1 is 1.09 bits per heavy atom. The molecule has 2 amide bonds. The van der Waals surface area contributed by atoms with Crippen molar-refractivity contribution in [1.29, 1.82) is 5.41 Å². The molecule has 33 heavy (non-hydrogen) atoms. The second-order valence-electron chi connectivity index (χ2n) is 7.61. The average Bonchev–Trinajstić information content (AvgIpc) is 3.46. The molecule has 2 aromatic heterocycles. The molecule has 0 bridgehead atoms. The molecule has 166 valence electrons. The van der Waals surface area contributed by atoms with Gasteiger partial charge in [-0.25, -0.2) is 0 Å². The molecule has 0 saturated heterocycles. The number of thioether (sulfide) groups is 1. The summed E-state index contributed by atoms with van der Waals surface area (Å²) in [7, 11) is 1.59. The number of rotatable bonds is 6. The van der Waals surface area contributed by atoms with Crippen LogP contribution in [0.1, 0.15) is 11.1 Å². The van der Waals surface area contributed by atoms with Gasteiger partial charge in [-0.15, -0.1) is 0 Å². The Morgan fingerprint density at radius 2 is 1.85 bits per heavy atom. The average molecular weight is 460 g/mol. The quantitative estimate of drug-likeness (QED) is 0.200. The molecule has 8 nitrogen and oxygen atoms in total. The van der Waals surface area contributed by atoms with Crippen molar-refractivity contribution in [3.8, 4) is 5.75 Å². The highest BCUT2D eigenvalue weighted by Gasteiger charge is 2.35. The number of carbonyl (C=O) groups is 2. The lowest BCUT2D eigenvalue weighted by molar-refractivity contribution is -0.122. The summed E-state index contributed by atoms with van der Waals surface area (Å²) >= 11 is 1.25. The molecular formula is C24H21N5O3S. The largest absolute Gasteiger partial charge is 0.497 e. The van der Waals surface area contributed by atoms with E-state index in [2.05, 4.69) is 10.3 Å². The molecule has 3 heterocycles. The van der Waals surface area contributed by atoms with Crippen molar-refractivity contribution in [2.75, 3.05) is 12.9 Å². The van der Waals surface area contributed by atoms with Gasteiger partial charge in [-0.3, -0.25) is 20.3 Å². The number of nitrogens with two attached hydrogens (primary N) is 1. The van der Waals surface area contributed by atoms with Crippen LogP contribution in [-0.4, -0.2) is 39.4 Å². The van der Waals surface area contributed by atoms with Crippen LogP contribution in [0.3, 0.4) is 0 Å². The molecule has 4 aromatic rings. The normalized spacial score (nSPS) is 13.8. The van der Waals surface area contributed by atoms with E-state index in [1.807, 2.05) is 53.2 Å². The second kappa shape index (κ2) is 8.18. The van der Waals surface area contributed by atoms with Gasteiger partial charge in [0, 0.05) is 57.6 Å². The molecule has 5 N–H and O–H groups in total. The molecule has 0 unspecified atom stereocenters. The summed E-state index contributed by atoms with van der Waals surface area (Å²) in [6.45, 7) is 0.582. The van der Waals surface area contributed by atoms with Crippen LogP contribution in [0.2, 0.25) is 0 Å². The van der Waals surface area contributed by atoms with Gasteiger partial charge in [-0.2, -0.15) is 0 Å². The molecule has 0 fully saturated rings. The predicted octanol–water partition coefficient (Wildman–Crippen LogP) is 3.33. The van der Waals surface area contributed by atoms with Gasteiger partial charge in [0.1, 0.15) is 5.75 Å². The van der Waals surface area contributed by atoms with Crippen LogP contribution in [0.4, 0.5) is 0 Å². The number of ether oxygens (including phenoxy) is 1. The number of para-hydroxylation sites is 1. The number of imide groups is 1. The molecule has 1 aliphatic rings. The number of hydrogen-bond acceptors (Lipinski definition) is 5. The summed E-state index contributed by atoms with van der Waals surface area (Å²) in [5.41, 5.74) is 9.28. The van der Waals surface area contributed by atoms with E-state index >= 15 is 0 Å². The first-order chi connectivity index (χ1) is 16.0. The lowest BCUT2D eigenvalue weighted by atomic mass is 9.95. The Balaban J connectivity index is 1.74. The minimum Gasteiger partial charge on any atom is -0.497 e. The van der Waals surface area contributed by atoms with E-state index in [-0.39, 0.29) is 5.17 Å². The number of aromatic nitrogens is 2. The zero-order valence-electron chi connectivity index (χ0n) is 17.8. The number of aryl methyl sites for hydroxylation is 1. The number of hydrogen-bond donors (Lipinski definition) is 4. The van der Waals surface area contributed by atoms with E-state index in [1.165, 1.54) is 11.8 Å². The monoisotopic (exact) mass is 459 g/mol. The summed E-state index contributed by atoms with van der Waals surface area (Å²) < 4.78 is 7.43. The van der Waals surface area contributed by atoms with Crippen LogP contribution in [0.25, 0.3) is 33.0 Å². The number of amides is 2. The Labute approximate surface area is 193 Å². The third kappa shape index (κ3) is 3.56. The van der Waals surface area contributed by atoms with E-state index in [0.29, 0.717) is 40.3 Å². The fraction of sp³-hybridized carbons (Fsp3) is 0.125. The van der Waals surface area contributed by atoms with Gasteiger partial charge >= 0.3 is 0 Å². The first-order valence-corrected chi connectivity index (χ1v) is 11.3. The lowest BCUT2D eigenvalue weighted by Gasteiger charge is -2.05. The van der Waals surface area contributed by atoms with Crippen LogP contribution in [-0.2, 0) is 16.1 Å². The summed E-state index contributed by atoms with van der Waals surface area (Å²) in [6.07, 6.45) is 3.65. The standard InChI is InChI=1S/C24H21N5O3S/c1-32-13-6-7-19-15(10-13)17(12-29(19)8-9-33-24(25)26)21-20(22(30)28-23(21)31)16-11-27-18-5-3-2-4-14(16)18/h2-7,10-12,27H,8-9H2,1H3,(H3,25,26)(H,28,30,31). The maximum atomic E-state index is 13.0. The smallest absolute Gasteiger partial charge is 0.259 e. The third-order valence-electron chi connectivity index (χ3n) is 5.74. The minimum atomic E-state index is -0.430. The maximum Gasteiger partial charge on any atom is 0.259 e. The summed E-state index contributed by atoms with van der Waals surface area (Å²) in [5.74, 6) is 0.402. The van der Waals surface area contributed by atoms with Gasteiger partial charge in [-0.05, 0) is 24.3 Å². The van der Waals surface area contributed by atoms with Crippen LogP contribution in [0.15, 0.2) is 54.9 Å². The number of aromatic amines is 1. The first kappa shape index (κ1) is 20.9. The number of fused-ring (bicyclic) bond motifs is 2. The van der Waals surface area contributed by atoms with Gasteiger partial charge < -0.3 is 20.0 Å². The van der Waals surface area contributed by atoms with Crippen molar-refractivity contribution in [3.63, 3.8) is 0 Å². The molecular weight excluding hydrogens is 438 g/mol. The molecule has 2 aromatic carbocycles. The number of H-pyrrole nitrogens is 1. The van der Waals surface area contributed by atoms with Crippen molar-refractivity contribution in [2.45, 2.75) is 6.54 Å². The highest BCUT2D eigenvalue weighted by molar-refractivity contribution is 8.13. The number of nitrogens with one attached hydrogen (secondary N) is 3. The van der Waals surface area contributed by atoms with Crippen molar-refractivity contribution in [2.24, 2.45) is 5.73 Å². The Bertz CT molecular complexity index is 1480. The number of benzene rings is 2. The van der Waals surface area contributed by atoms with Gasteiger partial charge in [-0.1, -0.05) is 30.0 Å². The Morgan fingerprint density at radius 3 is 2.61 bits per heavy atom. The zero-order chi connectivity index (χ0) is 23.1. The lowest BCUT2D eigenvalue weighted by Crippen LogP contribution is -2.22. The van der Waals surface area contributed by atoms with Gasteiger partial charge in [0.25, 0.3) is 11.8 Å². The molecule has 0 atom stereocenters. The SMILES string of the molecule is COc1ccc2c(c1)c(C1=C(c3c[nH]c4ccccc34)C(=O)NC1=O)cn2CCSC(=N)N. The first-order valence-electron chi connectivity index (χ1n) is 10.3. The summed E-state index contributed by atoms with van der Waals surface area (Å²) in [4.78, 5) is 29.2. The highest BCUT2D eigenvalue weighted by atomic mass is 32.2. The predicted molar refractivity (Wildman–Crippen MR) is 131 cm³/mol. The molecule has 0 radical (unpaired) electrons. The number of carbonyl (C=O) groups excluding carboxylic acids is 2. The maximum absolute atomic E-state index is 13.0. The van der Waals surface area contributed by atoms with E-state index in [9.17, 15) is 9.59 Å². The van der Waals surface area contributed by atoms with Crippen molar-refractivity contribution in [1.82, 2.24) is 14.9 Å². The van der Waals surface area contributed by atoms with Crippen LogP contribution in [0, 0.1) is 5.41 Å². The molecule has 1 aliphatic heterocycles. The van der Waals surface area contributed by atoms with E-state index < -0.39 is 11.8 Å². The number of nitrogens with zero attached hydrogens (tertiary/aromatic N) is 1. The van der Waals surface area contributed by atoms with Crippen LogP contribution < -0.4 is 15.8 Å². The van der Waals surface area contributed by atoms with Crippen LogP contribution >= 0.6 is 11.8 Å². The van der Waals surface area contributed by atoms with Crippen molar-refractivity contribution < 1.29 is 14.3 Å². The summed E-state index contributed by atoms with van der Waals surface area (Å²) in [6, 6.07) is 13.3. The summed E-state index contributed by atoms with van der Waals surface area (Å²) in [5, 5.41) is 11.7. The molecule has 9 heteroatoms. The van der Waals surface area contributed by atoms with Crippen molar-refractivity contribution >= 4 is 61.7 Å². The topological polar surface area (TPSA) is 126 Å². The Kier molecular flexibility index (Phi) is 5.18. The van der Waals surface area contributed by atoms with Crippen LogP contribution in [0.5, 0.6) is 5.75 Å². The Hall–Kier alpha value is -3.98. The fourth-order valence-corrected chi connectivity index (χ4v) is 4.80. The molecule has 0 spiro atoms. The van der Waals surface area contributed by atoms with Gasteiger partial charge in [0.05, 0.1) is 18.3 Å². The highest BCUT2D eigenvalue weighted by Crippen LogP contribution is 2.39. The number of amidine groups is 1. The van der Waals surface area contributed by atoms with E-state index in [4.69, 9.17) is 15.9 Å². The van der Waals surface area contributed by atoms with Gasteiger partial charge in [0.15, 0.2) is 5.17 Å². The number of methoxy groups -OCH3 is 1. The molecule has 5 rings (SSSR count). The van der Waals surface area contributed by atoms with Gasteiger partial charge in [0.2, 0.25) is 0 Å². The molecule has 0 aliphatic carbocycles. The molecule has 0 saturated carbocycles. The fourth-order valence-electron chi connectivity index (χ4n) is 4.29. The zero-order valence-corrected chi connectivity index (χ0v) is 18.6. The second-order valence-corrected chi connectivity index (χ2v) is 8.75. The van der Waals surface area contributed by atoms with Crippen molar-refractivity contribution in [3.05, 3.63) is 66.0 Å². The minimum absolute atomic E-state index is 0.0541.